The third kappa shape index (κ3) is 4.54. The molecule has 0 aliphatic carbocycles. The minimum absolute atomic E-state index is 0.292. The molecule has 28 heavy (non-hydrogen) atoms. The van der Waals surface area contributed by atoms with Crippen LogP contribution in [-0.2, 0) is 11.2 Å². The summed E-state index contributed by atoms with van der Waals surface area (Å²) in [7, 11) is 1.30. The lowest BCUT2D eigenvalue weighted by Crippen LogP contribution is -2.15. The van der Waals surface area contributed by atoms with Gasteiger partial charge in [0.15, 0.2) is 0 Å². The molecule has 0 bridgehead atoms. The number of hydrogen-bond donors (Lipinski definition) is 2. The van der Waals surface area contributed by atoms with Gasteiger partial charge >= 0.3 is 5.97 Å². The fraction of sp³-hybridized carbons (Fsp3) is 0.136. The molecule has 0 spiro atoms. The first-order valence-corrected chi connectivity index (χ1v) is 8.91. The number of aromatic nitrogens is 1. The highest BCUT2D eigenvalue weighted by atomic mass is 16.5. The number of hydrogen-bond acceptors (Lipinski definition) is 5. The van der Waals surface area contributed by atoms with Crippen molar-refractivity contribution < 1.29 is 14.3 Å². The maximum absolute atomic E-state index is 12.5. The largest absolute Gasteiger partial charge is 0.465 e. The summed E-state index contributed by atoms with van der Waals surface area (Å²) >= 11 is 0. The van der Waals surface area contributed by atoms with Gasteiger partial charge in [-0.15, -0.1) is 0 Å². The van der Waals surface area contributed by atoms with Gasteiger partial charge in [0.2, 0.25) is 0 Å². The molecular formula is C22H21N3O3. The van der Waals surface area contributed by atoms with E-state index >= 15 is 0 Å². The zero-order valence-electron chi connectivity index (χ0n) is 15.7. The predicted octanol–water partition coefficient (Wildman–Crippen LogP) is 4.43. The van der Waals surface area contributed by atoms with Gasteiger partial charge in [0.25, 0.3) is 5.91 Å². The van der Waals surface area contributed by atoms with E-state index in [2.05, 4.69) is 34.7 Å². The molecule has 3 aromatic rings. The van der Waals surface area contributed by atoms with Crippen LogP contribution in [-0.4, -0.2) is 24.0 Å². The second-order valence-corrected chi connectivity index (χ2v) is 6.10. The lowest BCUT2D eigenvalue weighted by molar-refractivity contribution is 0.0602. The Morgan fingerprint density at radius 2 is 1.75 bits per heavy atom. The number of nitrogens with zero attached hydrogens (tertiary/aromatic N) is 1. The molecule has 0 radical (unpaired) electrons. The van der Waals surface area contributed by atoms with Gasteiger partial charge in [0.1, 0.15) is 5.82 Å². The number of ether oxygens (including phenoxy) is 1. The maximum atomic E-state index is 12.5. The summed E-state index contributed by atoms with van der Waals surface area (Å²) in [5, 5.41) is 5.92. The molecular weight excluding hydrogens is 354 g/mol. The second kappa shape index (κ2) is 8.81. The number of rotatable bonds is 6. The third-order valence-electron chi connectivity index (χ3n) is 4.24. The van der Waals surface area contributed by atoms with Crippen LogP contribution in [0, 0.1) is 0 Å². The van der Waals surface area contributed by atoms with Crippen LogP contribution < -0.4 is 10.6 Å². The van der Waals surface area contributed by atoms with Gasteiger partial charge in [0, 0.05) is 11.9 Å². The smallest absolute Gasteiger partial charge is 0.339 e. The Morgan fingerprint density at radius 1 is 1.00 bits per heavy atom. The highest BCUT2D eigenvalue weighted by Gasteiger charge is 2.14. The van der Waals surface area contributed by atoms with E-state index in [0.717, 1.165) is 12.1 Å². The van der Waals surface area contributed by atoms with Crippen molar-refractivity contribution in [3.05, 3.63) is 83.6 Å². The molecule has 0 saturated carbocycles. The Kier molecular flexibility index (Phi) is 6.01. The van der Waals surface area contributed by atoms with Crippen LogP contribution in [0.3, 0.4) is 0 Å². The van der Waals surface area contributed by atoms with Gasteiger partial charge in [0.05, 0.1) is 23.9 Å². The summed E-state index contributed by atoms with van der Waals surface area (Å²) < 4.78 is 4.74. The molecule has 0 aliphatic heterocycles. The van der Waals surface area contributed by atoms with Crippen molar-refractivity contribution in [2.24, 2.45) is 0 Å². The van der Waals surface area contributed by atoms with Gasteiger partial charge in [-0.25, -0.2) is 9.78 Å². The van der Waals surface area contributed by atoms with Crippen LogP contribution in [0.1, 0.15) is 33.2 Å². The van der Waals surface area contributed by atoms with E-state index in [1.54, 1.807) is 36.4 Å². The van der Waals surface area contributed by atoms with Crippen LogP contribution in [0.5, 0.6) is 0 Å². The lowest BCUT2D eigenvalue weighted by Gasteiger charge is -2.10. The van der Waals surface area contributed by atoms with Crippen molar-refractivity contribution >= 4 is 29.1 Å². The highest BCUT2D eigenvalue weighted by Crippen LogP contribution is 2.19. The Morgan fingerprint density at radius 3 is 2.39 bits per heavy atom. The molecule has 0 fully saturated rings. The SMILES string of the molecule is CCc1ccc(Nc2ccc(C(=O)Nc3ccccc3C(=O)OC)cn2)cc1. The Labute approximate surface area is 163 Å². The van der Waals surface area contributed by atoms with Gasteiger partial charge in [-0.3, -0.25) is 4.79 Å². The van der Waals surface area contributed by atoms with Crippen LogP contribution in [0.15, 0.2) is 66.9 Å². The number of benzene rings is 2. The van der Waals surface area contributed by atoms with E-state index in [9.17, 15) is 9.59 Å². The zero-order chi connectivity index (χ0) is 19.9. The van der Waals surface area contributed by atoms with Crippen molar-refractivity contribution in [2.45, 2.75) is 13.3 Å². The van der Waals surface area contributed by atoms with Crippen LogP contribution in [0.25, 0.3) is 0 Å². The van der Waals surface area contributed by atoms with E-state index in [1.165, 1.54) is 18.9 Å². The van der Waals surface area contributed by atoms with Crippen molar-refractivity contribution in [3.63, 3.8) is 0 Å². The molecule has 1 amide bonds. The second-order valence-electron chi connectivity index (χ2n) is 6.10. The number of carbonyl (C=O) groups excluding carboxylic acids is 2. The van der Waals surface area contributed by atoms with E-state index < -0.39 is 5.97 Å². The molecule has 142 valence electrons. The number of carbonyl (C=O) groups is 2. The quantitative estimate of drug-likeness (QED) is 0.623. The minimum Gasteiger partial charge on any atom is -0.465 e. The van der Waals surface area contributed by atoms with Gasteiger partial charge in [-0.05, 0) is 48.4 Å². The van der Waals surface area contributed by atoms with E-state index in [1.807, 2.05) is 12.1 Å². The predicted molar refractivity (Wildman–Crippen MR) is 109 cm³/mol. The number of nitrogens with one attached hydrogen (secondary N) is 2. The van der Waals surface area contributed by atoms with Crippen molar-refractivity contribution in [3.8, 4) is 0 Å². The summed E-state index contributed by atoms with van der Waals surface area (Å²) in [5.41, 5.74) is 3.25. The molecule has 2 N–H and O–H groups in total. The molecule has 0 aliphatic rings. The molecule has 1 aromatic heterocycles. The standard InChI is InChI=1S/C22H21N3O3/c1-3-15-8-11-17(12-9-15)24-20-13-10-16(14-23-20)21(26)25-19-7-5-4-6-18(19)22(27)28-2/h4-14H,3H2,1-2H3,(H,23,24)(H,25,26). The van der Waals surface area contributed by atoms with E-state index in [0.29, 0.717) is 22.6 Å². The Balaban J connectivity index is 1.69. The van der Waals surface area contributed by atoms with Crippen molar-refractivity contribution in [2.75, 3.05) is 17.7 Å². The number of para-hydroxylation sites is 1. The molecule has 0 saturated heterocycles. The van der Waals surface area contributed by atoms with Crippen LogP contribution in [0.2, 0.25) is 0 Å². The van der Waals surface area contributed by atoms with E-state index in [-0.39, 0.29) is 5.91 Å². The third-order valence-corrected chi connectivity index (χ3v) is 4.24. The highest BCUT2D eigenvalue weighted by molar-refractivity contribution is 6.07. The lowest BCUT2D eigenvalue weighted by atomic mass is 10.1. The zero-order valence-corrected chi connectivity index (χ0v) is 15.7. The fourth-order valence-electron chi connectivity index (χ4n) is 2.65. The normalized spacial score (nSPS) is 10.2. The minimum atomic E-state index is -0.511. The fourth-order valence-corrected chi connectivity index (χ4v) is 2.65. The van der Waals surface area contributed by atoms with Gasteiger partial charge < -0.3 is 15.4 Å². The molecule has 1 heterocycles. The molecule has 6 heteroatoms. The molecule has 0 atom stereocenters. The molecule has 6 nitrogen and oxygen atoms in total. The van der Waals surface area contributed by atoms with Crippen LogP contribution >= 0.6 is 0 Å². The molecule has 0 unspecified atom stereocenters. The maximum Gasteiger partial charge on any atom is 0.339 e. The van der Waals surface area contributed by atoms with Gasteiger partial charge in [-0.1, -0.05) is 31.2 Å². The summed E-state index contributed by atoms with van der Waals surface area (Å²) in [4.78, 5) is 28.6. The Bertz CT molecular complexity index is 967. The van der Waals surface area contributed by atoms with Crippen molar-refractivity contribution in [1.82, 2.24) is 4.98 Å². The molecule has 3 rings (SSSR count). The topological polar surface area (TPSA) is 80.3 Å². The van der Waals surface area contributed by atoms with E-state index in [4.69, 9.17) is 4.74 Å². The first-order valence-electron chi connectivity index (χ1n) is 8.91. The number of aryl methyl sites for hydroxylation is 1. The summed E-state index contributed by atoms with van der Waals surface area (Å²) in [5.74, 6) is -0.235. The first kappa shape index (κ1) is 19.1. The first-order chi connectivity index (χ1) is 13.6. The number of pyridine rings is 1. The Hall–Kier alpha value is -3.67. The number of esters is 1. The summed E-state index contributed by atoms with van der Waals surface area (Å²) in [6.07, 6.45) is 2.47. The number of anilines is 3. The summed E-state index contributed by atoms with van der Waals surface area (Å²) in [6, 6.07) is 18.2. The number of methoxy groups -OCH3 is 1. The summed E-state index contributed by atoms with van der Waals surface area (Å²) in [6.45, 7) is 2.11. The average Bonchev–Trinajstić information content (AvgIpc) is 2.74. The number of amides is 1. The van der Waals surface area contributed by atoms with Crippen LogP contribution in [0.4, 0.5) is 17.2 Å². The van der Waals surface area contributed by atoms with Gasteiger partial charge in [-0.2, -0.15) is 0 Å². The monoisotopic (exact) mass is 375 g/mol. The average molecular weight is 375 g/mol. The molecule has 2 aromatic carbocycles. The van der Waals surface area contributed by atoms with Crippen molar-refractivity contribution in [1.29, 1.82) is 0 Å².